The average molecular weight is 288 g/mol. The third-order valence-electron chi connectivity index (χ3n) is 3.49. The van der Waals surface area contributed by atoms with Crippen LogP contribution in [0.3, 0.4) is 0 Å². The van der Waals surface area contributed by atoms with Gasteiger partial charge >= 0.3 is 0 Å². The van der Waals surface area contributed by atoms with Crippen LogP contribution in [0.5, 0.6) is 5.75 Å². The first-order chi connectivity index (χ1) is 10.1. The molecule has 2 rings (SSSR count). The Morgan fingerprint density at radius 3 is 2.86 bits per heavy atom. The van der Waals surface area contributed by atoms with Crippen LogP contribution >= 0.6 is 0 Å². The van der Waals surface area contributed by atoms with Crippen LogP contribution in [0.25, 0.3) is 0 Å². The van der Waals surface area contributed by atoms with E-state index in [1.54, 1.807) is 11.8 Å². The van der Waals surface area contributed by atoms with Gasteiger partial charge in [0.05, 0.1) is 12.3 Å². The zero-order chi connectivity index (χ0) is 15.4. The third-order valence-corrected chi connectivity index (χ3v) is 3.49. The molecule has 1 aromatic rings. The van der Waals surface area contributed by atoms with Crippen LogP contribution in [0.15, 0.2) is 29.6 Å². The summed E-state index contributed by atoms with van der Waals surface area (Å²) in [6.45, 7) is 4.85. The fourth-order valence-electron chi connectivity index (χ4n) is 2.47. The highest BCUT2D eigenvalue weighted by molar-refractivity contribution is 6.34. The Kier molecular flexibility index (Phi) is 4.62. The maximum Gasteiger partial charge on any atom is 0.243 e. The van der Waals surface area contributed by atoms with Gasteiger partial charge in [0.25, 0.3) is 0 Å². The van der Waals surface area contributed by atoms with E-state index in [9.17, 15) is 9.59 Å². The average Bonchev–Trinajstić information content (AvgIpc) is 2.69. The van der Waals surface area contributed by atoms with E-state index in [1.165, 1.54) is 0 Å². The number of hydrogen-bond donors (Lipinski definition) is 1. The summed E-state index contributed by atoms with van der Waals surface area (Å²) < 4.78 is 5.72. The van der Waals surface area contributed by atoms with Crippen molar-refractivity contribution in [3.63, 3.8) is 0 Å². The minimum atomic E-state index is -0.607. The molecule has 2 N–H and O–H groups in total. The van der Waals surface area contributed by atoms with Crippen LogP contribution in [0.4, 0.5) is 5.69 Å². The van der Waals surface area contributed by atoms with Crippen LogP contribution in [-0.2, 0) is 16.0 Å². The Balaban J connectivity index is 2.57. The van der Waals surface area contributed by atoms with Gasteiger partial charge in [-0.05, 0) is 37.5 Å². The number of nitrogens with two attached hydrogens (primary N) is 1. The van der Waals surface area contributed by atoms with Crippen molar-refractivity contribution in [2.45, 2.75) is 26.7 Å². The summed E-state index contributed by atoms with van der Waals surface area (Å²) in [4.78, 5) is 24.7. The number of ketones is 1. The summed E-state index contributed by atoms with van der Waals surface area (Å²) in [5.41, 5.74) is 8.35. The van der Waals surface area contributed by atoms with Gasteiger partial charge in [-0.25, -0.2) is 0 Å². The molecule has 0 radical (unpaired) electrons. The van der Waals surface area contributed by atoms with E-state index in [0.29, 0.717) is 30.9 Å². The second kappa shape index (κ2) is 6.43. The molecule has 0 fully saturated rings. The van der Waals surface area contributed by atoms with Crippen molar-refractivity contribution >= 4 is 17.8 Å². The molecule has 0 unspecified atom stereocenters. The molecule has 0 amide bonds. The van der Waals surface area contributed by atoms with E-state index in [2.05, 4.69) is 6.92 Å². The van der Waals surface area contributed by atoms with Gasteiger partial charge in [0.2, 0.25) is 5.78 Å². The number of fused-ring (bicyclic) bond motifs is 1. The number of ether oxygens (including phenoxy) is 1. The van der Waals surface area contributed by atoms with Gasteiger partial charge in [-0.15, -0.1) is 0 Å². The molecule has 0 saturated carbocycles. The van der Waals surface area contributed by atoms with Gasteiger partial charge in [0, 0.05) is 12.2 Å². The predicted octanol–water partition coefficient (Wildman–Crippen LogP) is 1.80. The molecule has 0 spiro atoms. The Morgan fingerprint density at radius 2 is 2.24 bits per heavy atom. The molecule has 0 aliphatic carbocycles. The van der Waals surface area contributed by atoms with Gasteiger partial charge in [-0.3, -0.25) is 9.59 Å². The Labute approximate surface area is 124 Å². The van der Waals surface area contributed by atoms with E-state index in [4.69, 9.17) is 10.5 Å². The summed E-state index contributed by atoms with van der Waals surface area (Å²) in [5.74, 6) is 0.104. The highest BCUT2D eigenvalue weighted by atomic mass is 16.5. The Bertz CT molecular complexity index is 589. The molecular weight excluding hydrogens is 268 g/mol. The van der Waals surface area contributed by atoms with Crippen LogP contribution in [0, 0.1) is 0 Å². The number of nitrogens with zero attached hydrogens (tertiary/aromatic N) is 1. The van der Waals surface area contributed by atoms with Crippen molar-refractivity contribution < 1.29 is 14.3 Å². The molecule has 0 saturated heterocycles. The normalized spacial score (nSPS) is 15.4. The van der Waals surface area contributed by atoms with Crippen molar-refractivity contribution in [3.8, 4) is 5.75 Å². The van der Waals surface area contributed by atoms with Gasteiger partial charge < -0.3 is 15.4 Å². The number of Topliss-reactive ketones (excluding diaryl/α,β-unsaturated/α-hetero) is 1. The van der Waals surface area contributed by atoms with Crippen LogP contribution in [0.1, 0.15) is 25.8 Å². The van der Waals surface area contributed by atoms with Crippen molar-refractivity contribution in [2.24, 2.45) is 5.73 Å². The number of rotatable bonds is 4. The lowest BCUT2D eigenvalue weighted by atomic mass is 10.1. The number of aldehydes is 1. The lowest BCUT2D eigenvalue weighted by Gasteiger charge is -2.26. The molecular formula is C16H20N2O3. The first-order valence-electron chi connectivity index (χ1n) is 7.07. The van der Waals surface area contributed by atoms with E-state index in [0.717, 1.165) is 24.1 Å². The molecule has 1 aromatic carbocycles. The van der Waals surface area contributed by atoms with Crippen molar-refractivity contribution in [3.05, 3.63) is 35.2 Å². The molecule has 112 valence electrons. The summed E-state index contributed by atoms with van der Waals surface area (Å²) in [6.07, 6.45) is 1.93. The summed E-state index contributed by atoms with van der Waals surface area (Å²) >= 11 is 0. The number of carbonyl (C=O) groups is 2. The zero-order valence-electron chi connectivity index (χ0n) is 12.4. The Hall–Kier alpha value is -2.30. The number of aryl methyl sites for hydroxylation is 1. The maximum atomic E-state index is 11.9. The lowest BCUT2D eigenvalue weighted by Crippen LogP contribution is -2.31. The van der Waals surface area contributed by atoms with Crippen LogP contribution in [-0.4, -0.2) is 25.2 Å². The Morgan fingerprint density at radius 1 is 1.48 bits per heavy atom. The predicted molar refractivity (Wildman–Crippen MR) is 81.2 cm³/mol. The van der Waals surface area contributed by atoms with Gasteiger partial charge in [0.1, 0.15) is 11.4 Å². The third kappa shape index (κ3) is 3.07. The zero-order valence-corrected chi connectivity index (χ0v) is 12.4. The smallest absolute Gasteiger partial charge is 0.243 e. The molecule has 5 nitrogen and oxygen atoms in total. The fraction of sp³-hybridized carbons (Fsp3) is 0.375. The fourth-order valence-corrected chi connectivity index (χ4v) is 2.47. The summed E-state index contributed by atoms with van der Waals surface area (Å²) in [5, 5.41) is 0. The SMILES string of the molecule is CCc1ccc2c(c1)N(/C(C(=O)C=O)=C(/C)N)CCCO2. The second-order valence-corrected chi connectivity index (χ2v) is 5.02. The highest BCUT2D eigenvalue weighted by Gasteiger charge is 2.25. The quantitative estimate of drug-likeness (QED) is 0.519. The van der Waals surface area contributed by atoms with E-state index in [1.807, 2.05) is 18.2 Å². The largest absolute Gasteiger partial charge is 0.491 e. The van der Waals surface area contributed by atoms with Gasteiger partial charge in [-0.1, -0.05) is 13.0 Å². The molecule has 0 aromatic heterocycles. The van der Waals surface area contributed by atoms with Crippen molar-refractivity contribution in [1.29, 1.82) is 0 Å². The molecule has 1 aliphatic heterocycles. The second-order valence-electron chi connectivity index (χ2n) is 5.02. The molecule has 5 heteroatoms. The highest BCUT2D eigenvalue weighted by Crippen LogP contribution is 2.35. The summed E-state index contributed by atoms with van der Waals surface area (Å²) in [6, 6.07) is 5.89. The molecule has 0 bridgehead atoms. The lowest BCUT2D eigenvalue weighted by molar-refractivity contribution is -0.127. The molecule has 1 aliphatic rings. The molecule has 0 atom stereocenters. The van der Waals surface area contributed by atoms with Crippen molar-refractivity contribution in [1.82, 2.24) is 0 Å². The van der Waals surface area contributed by atoms with Crippen LogP contribution in [0.2, 0.25) is 0 Å². The van der Waals surface area contributed by atoms with E-state index >= 15 is 0 Å². The number of benzene rings is 1. The van der Waals surface area contributed by atoms with Crippen molar-refractivity contribution in [2.75, 3.05) is 18.1 Å². The first kappa shape index (κ1) is 15.1. The summed E-state index contributed by atoms with van der Waals surface area (Å²) in [7, 11) is 0. The van der Waals surface area contributed by atoms with Gasteiger partial charge in [-0.2, -0.15) is 0 Å². The monoisotopic (exact) mass is 288 g/mol. The van der Waals surface area contributed by atoms with E-state index < -0.39 is 5.78 Å². The molecule has 1 heterocycles. The minimum absolute atomic E-state index is 0.241. The number of allylic oxidation sites excluding steroid dienone is 2. The molecule has 21 heavy (non-hydrogen) atoms. The van der Waals surface area contributed by atoms with Crippen LogP contribution < -0.4 is 15.4 Å². The topological polar surface area (TPSA) is 72.6 Å². The number of carbonyl (C=O) groups excluding carboxylic acids is 2. The van der Waals surface area contributed by atoms with Gasteiger partial charge in [0.15, 0.2) is 6.29 Å². The minimum Gasteiger partial charge on any atom is -0.491 e. The standard InChI is InChI=1S/C16H20N2O3/c1-3-12-5-6-15-13(9-12)18(7-4-8-21-15)16(11(2)17)14(20)10-19/h5-6,9-10H,3-4,7-8,17H2,1-2H3/b16-11-. The number of anilines is 1. The maximum absolute atomic E-state index is 11.9. The van der Waals surface area contributed by atoms with E-state index in [-0.39, 0.29) is 5.70 Å². The number of hydrogen-bond acceptors (Lipinski definition) is 5. The first-order valence-corrected chi connectivity index (χ1v) is 7.07.